The van der Waals surface area contributed by atoms with E-state index >= 15 is 0 Å². The molecule has 3 rings (SSSR count). The van der Waals surface area contributed by atoms with Gasteiger partial charge in [0.2, 0.25) is 0 Å². The lowest BCUT2D eigenvalue weighted by atomic mass is 9.92. The first-order valence-electron chi connectivity index (χ1n) is 15.2. The molecule has 2 heterocycles. The van der Waals surface area contributed by atoms with E-state index in [2.05, 4.69) is 17.1 Å². The lowest BCUT2D eigenvalue weighted by molar-refractivity contribution is -0.169. The highest BCUT2D eigenvalue weighted by Crippen LogP contribution is 2.35. The van der Waals surface area contributed by atoms with Gasteiger partial charge in [-0.25, -0.2) is 4.79 Å². The zero-order valence-corrected chi connectivity index (χ0v) is 27.7. The topological polar surface area (TPSA) is 97.4 Å². The molecule has 42 heavy (non-hydrogen) atoms. The maximum Gasteiger partial charge on any atom is 0.410 e. The van der Waals surface area contributed by atoms with E-state index in [4.69, 9.17) is 14.2 Å². The van der Waals surface area contributed by atoms with Crippen LogP contribution in [0.25, 0.3) is 0 Å². The van der Waals surface area contributed by atoms with E-state index in [1.165, 1.54) is 0 Å². The maximum absolute atomic E-state index is 13.4. The average molecular weight is 588 g/mol. The number of likely N-dealkylation sites (tertiary alicyclic amines) is 2. The number of anilines is 1. The Morgan fingerprint density at radius 1 is 0.857 bits per heavy atom. The van der Waals surface area contributed by atoms with Crippen LogP contribution in [-0.2, 0) is 23.8 Å². The van der Waals surface area contributed by atoms with E-state index < -0.39 is 34.7 Å². The van der Waals surface area contributed by atoms with Crippen molar-refractivity contribution in [2.45, 2.75) is 130 Å². The summed E-state index contributed by atoms with van der Waals surface area (Å²) in [6, 6.07) is 5.88. The molecule has 1 aromatic rings. The number of benzene rings is 1. The Hall–Kier alpha value is -2.81. The van der Waals surface area contributed by atoms with Gasteiger partial charge in [-0.05, 0) is 107 Å². The maximum atomic E-state index is 13.4. The number of hydrogen-bond donors (Lipinski definition) is 1. The fourth-order valence-electron chi connectivity index (χ4n) is 5.59. The van der Waals surface area contributed by atoms with E-state index in [9.17, 15) is 14.4 Å². The van der Waals surface area contributed by atoms with Crippen LogP contribution >= 0.6 is 0 Å². The van der Waals surface area contributed by atoms with Gasteiger partial charge in [0.1, 0.15) is 16.8 Å². The lowest BCUT2D eigenvalue weighted by Gasteiger charge is -2.43. The van der Waals surface area contributed by atoms with Crippen molar-refractivity contribution in [2.24, 2.45) is 0 Å². The molecule has 0 spiro atoms. The molecular formula is C33H53N3O6. The molecule has 0 radical (unpaired) electrons. The highest BCUT2D eigenvalue weighted by Gasteiger charge is 2.43. The molecule has 0 bridgehead atoms. The summed E-state index contributed by atoms with van der Waals surface area (Å²) in [6.07, 6.45) is 2.43. The average Bonchev–Trinajstić information content (AvgIpc) is 3.21. The highest BCUT2D eigenvalue weighted by atomic mass is 16.6. The van der Waals surface area contributed by atoms with Crippen LogP contribution in [0, 0.1) is 6.92 Å². The van der Waals surface area contributed by atoms with Gasteiger partial charge in [0.15, 0.2) is 5.92 Å². The molecule has 1 amide bonds. The Morgan fingerprint density at radius 2 is 1.38 bits per heavy atom. The fourth-order valence-corrected chi connectivity index (χ4v) is 5.59. The Balaban J connectivity index is 1.74. The molecule has 2 aliphatic rings. The van der Waals surface area contributed by atoms with Crippen LogP contribution in [0.2, 0.25) is 0 Å². The lowest BCUT2D eigenvalue weighted by Crippen LogP contribution is -2.53. The van der Waals surface area contributed by atoms with Crippen LogP contribution in [-0.4, -0.2) is 82.4 Å². The molecule has 1 N–H and O–H groups in total. The fraction of sp³-hybridized carbons (Fsp3) is 0.727. The Morgan fingerprint density at radius 3 is 1.88 bits per heavy atom. The second-order valence-electron chi connectivity index (χ2n) is 15.1. The Bertz CT molecular complexity index is 1110. The second kappa shape index (κ2) is 12.4. The minimum Gasteiger partial charge on any atom is -0.459 e. The molecule has 0 aromatic heterocycles. The number of ether oxygens (including phenoxy) is 3. The molecule has 9 nitrogen and oxygen atoms in total. The number of piperidine rings is 1. The van der Waals surface area contributed by atoms with Crippen LogP contribution in [0.15, 0.2) is 18.2 Å². The highest BCUT2D eigenvalue weighted by molar-refractivity contribution is 6.02. The number of rotatable bonds is 6. The van der Waals surface area contributed by atoms with E-state index in [-0.39, 0.29) is 17.7 Å². The molecule has 236 valence electrons. The second-order valence-corrected chi connectivity index (χ2v) is 15.1. The van der Waals surface area contributed by atoms with Crippen LogP contribution < -0.4 is 5.32 Å². The molecule has 2 aliphatic heterocycles. The van der Waals surface area contributed by atoms with Crippen LogP contribution in [0.4, 0.5) is 10.5 Å². The molecule has 1 atom stereocenters. The third kappa shape index (κ3) is 9.35. The van der Waals surface area contributed by atoms with Gasteiger partial charge in [0, 0.05) is 49.0 Å². The largest absolute Gasteiger partial charge is 0.459 e. The Kier molecular flexibility index (Phi) is 9.97. The first kappa shape index (κ1) is 33.7. The van der Waals surface area contributed by atoms with Crippen molar-refractivity contribution in [3.8, 4) is 0 Å². The van der Waals surface area contributed by atoms with Crippen molar-refractivity contribution in [3.63, 3.8) is 0 Å². The SMILES string of the molecule is Cc1ccc(C(C(=O)OC(C)(C)C)C(=O)OC(C)(C)C)c(NC2CCN(C3(C)CCN(C(=O)OC(C)(C)C)C3)CC2)c1. The summed E-state index contributed by atoms with van der Waals surface area (Å²) in [4.78, 5) is 43.8. The molecule has 9 heteroatoms. The van der Waals surface area contributed by atoms with Gasteiger partial charge < -0.3 is 24.4 Å². The van der Waals surface area contributed by atoms with E-state index in [1.54, 1.807) is 41.5 Å². The summed E-state index contributed by atoms with van der Waals surface area (Å²) in [5.74, 6) is -2.45. The number of carbonyl (C=O) groups excluding carboxylic acids is 3. The van der Waals surface area contributed by atoms with E-state index in [1.807, 2.05) is 50.8 Å². The summed E-state index contributed by atoms with van der Waals surface area (Å²) in [7, 11) is 0. The molecular weight excluding hydrogens is 534 g/mol. The molecule has 1 aromatic carbocycles. The van der Waals surface area contributed by atoms with E-state index in [0.717, 1.165) is 43.6 Å². The number of nitrogens with one attached hydrogen (secondary N) is 1. The first-order valence-corrected chi connectivity index (χ1v) is 15.2. The predicted octanol–water partition coefficient (Wildman–Crippen LogP) is 6.04. The van der Waals surface area contributed by atoms with Crippen LogP contribution in [0.1, 0.15) is 106 Å². The predicted molar refractivity (Wildman–Crippen MR) is 165 cm³/mol. The summed E-state index contributed by atoms with van der Waals surface area (Å²) >= 11 is 0. The van der Waals surface area contributed by atoms with Crippen LogP contribution in [0.5, 0.6) is 0 Å². The monoisotopic (exact) mass is 587 g/mol. The number of esters is 2. The number of hydrogen-bond acceptors (Lipinski definition) is 8. The summed E-state index contributed by atoms with van der Waals surface area (Å²) in [5.41, 5.74) is 0.206. The Labute approximate surface area is 252 Å². The minimum absolute atomic E-state index is 0.102. The standard InChI is InChI=1S/C33H53N3O6/c1-22-12-13-24(26(27(37)40-30(2,3)4)28(38)41-31(5,6)7)25(20-22)34-23-14-17-36(18-15-23)33(11)16-19-35(21-33)29(39)42-32(8,9)10/h12-13,20,23,26,34H,14-19,21H2,1-11H3. The number of aryl methyl sites for hydroxylation is 1. The quantitative estimate of drug-likeness (QED) is 0.245. The van der Waals surface area contributed by atoms with Gasteiger partial charge in [-0.1, -0.05) is 12.1 Å². The zero-order chi connectivity index (χ0) is 31.7. The van der Waals surface area contributed by atoms with Crippen molar-refractivity contribution in [1.29, 1.82) is 0 Å². The third-order valence-electron chi connectivity index (χ3n) is 7.53. The smallest absolute Gasteiger partial charge is 0.410 e. The van der Waals surface area contributed by atoms with Gasteiger partial charge in [0.25, 0.3) is 0 Å². The number of carbonyl (C=O) groups is 3. The summed E-state index contributed by atoms with van der Waals surface area (Å²) in [6.45, 7) is 23.7. The van der Waals surface area contributed by atoms with Gasteiger partial charge in [0.05, 0.1) is 0 Å². The molecule has 0 saturated carbocycles. The van der Waals surface area contributed by atoms with Gasteiger partial charge in [-0.15, -0.1) is 0 Å². The molecule has 2 saturated heterocycles. The van der Waals surface area contributed by atoms with Gasteiger partial charge >= 0.3 is 18.0 Å². The normalized spacial score (nSPS) is 20.9. The van der Waals surface area contributed by atoms with Crippen molar-refractivity contribution in [3.05, 3.63) is 29.3 Å². The van der Waals surface area contributed by atoms with Gasteiger partial charge in [-0.3, -0.25) is 14.5 Å². The van der Waals surface area contributed by atoms with Crippen molar-refractivity contribution in [2.75, 3.05) is 31.5 Å². The van der Waals surface area contributed by atoms with E-state index in [0.29, 0.717) is 18.7 Å². The molecule has 1 unspecified atom stereocenters. The summed E-state index contributed by atoms with van der Waals surface area (Å²) in [5, 5.41) is 3.66. The van der Waals surface area contributed by atoms with Gasteiger partial charge in [-0.2, -0.15) is 0 Å². The molecule has 2 fully saturated rings. The zero-order valence-electron chi connectivity index (χ0n) is 27.7. The molecule has 0 aliphatic carbocycles. The minimum atomic E-state index is -1.21. The van der Waals surface area contributed by atoms with Crippen molar-refractivity contribution < 1.29 is 28.6 Å². The first-order chi connectivity index (χ1) is 19.2. The number of nitrogens with zero attached hydrogens (tertiary/aromatic N) is 2. The van der Waals surface area contributed by atoms with Crippen LogP contribution in [0.3, 0.4) is 0 Å². The summed E-state index contributed by atoms with van der Waals surface area (Å²) < 4.78 is 17.0. The number of amides is 1. The van der Waals surface area contributed by atoms with Crippen molar-refractivity contribution in [1.82, 2.24) is 9.80 Å². The van der Waals surface area contributed by atoms with Crippen molar-refractivity contribution >= 4 is 23.7 Å². The third-order valence-corrected chi connectivity index (χ3v) is 7.53.